The van der Waals surface area contributed by atoms with Crippen molar-refractivity contribution in [1.82, 2.24) is 10.6 Å². The van der Waals surface area contributed by atoms with Crippen LogP contribution in [0, 0.1) is 5.92 Å². The van der Waals surface area contributed by atoms with Crippen molar-refractivity contribution in [3.8, 4) is 11.1 Å². The average molecular weight is 449 g/mol. The second kappa shape index (κ2) is 9.48. The van der Waals surface area contributed by atoms with Crippen molar-refractivity contribution < 1.29 is 24.2 Å². The van der Waals surface area contributed by atoms with Crippen molar-refractivity contribution in [2.45, 2.75) is 37.6 Å². The fourth-order valence-electron chi connectivity index (χ4n) is 4.61. The summed E-state index contributed by atoms with van der Waals surface area (Å²) < 4.78 is 5.66. The third kappa shape index (κ3) is 5.25. The normalized spacial score (nSPS) is 16.5. The topological polar surface area (TPSA) is 105 Å². The predicted molar refractivity (Wildman–Crippen MR) is 124 cm³/mol. The van der Waals surface area contributed by atoms with Crippen LogP contribution in [-0.4, -0.2) is 41.8 Å². The fourth-order valence-corrected chi connectivity index (χ4v) is 4.61. The number of nitrogens with one attached hydrogen (secondary N) is 2. The first-order chi connectivity index (χ1) is 15.9. The van der Waals surface area contributed by atoms with Gasteiger partial charge in [0.05, 0.1) is 5.54 Å². The van der Waals surface area contributed by atoms with Crippen LogP contribution in [0.4, 0.5) is 4.79 Å². The lowest BCUT2D eigenvalue weighted by molar-refractivity contribution is -0.131. The summed E-state index contributed by atoms with van der Waals surface area (Å²) in [5, 5.41) is 14.2. The number of carboxylic acid groups (broad SMARTS) is 1. The summed E-state index contributed by atoms with van der Waals surface area (Å²) in [6.45, 7) is 2.20. The molecule has 2 amide bonds. The first-order valence-corrected chi connectivity index (χ1v) is 11.2. The van der Waals surface area contributed by atoms with Crippen LogP contribution >= 0.6 is 0 Å². The highest BCUT2D eigenvalue weighted by Gasteiger charge is 2.44. The molecule has 4 rings (SSSR count). The van der Waals surface area contributed by atoms with Gasteiger partial charge in [-0.05, 0) is 47.9 Å². The lowest BCUT2D eigenvalue weighted by Gasteiger charge is -2.30. The molecule has 172 valence electrons. The van der Waals surface area contributed by atoms with Crippen molar-refractivity contribution in [2.75, 3.05) is 13.2 Å². The second-order valence-corrected chi connectivity index (χ2v) is 8.86. The summed E-state index contributed by atoms with van der Waals surface area (Å²) in [6, 6.07) is 16.3. The number of carbonyl (C=O) groups excluding carboxylic acids is 2. The van der Waals surface area contributed by atoms with Crippen LogP contribution in [0.5, 0.6) is 0 Å². The largest absolute Gasteiger partial charge is 0.478 e. The number of carboxylic acids is 1. The summed E-state index contributed by atoms with van der Waals surface area (Å²) in [5.74, 6) is -1.14. The Kier molecular flexibility index (Phi) is 6.49. The molecule has 7 heteroatoms. The molecule has 3 N–H and O–H groups in total. The number of aliphatic carboxylic acids is 1. The van der Waals surface area contributed by atoms with Gasteiger partial charge in [0.25, 0.3) is 0 Å². The number of carbonyl (C=O) groups is 3. The SMILES string of the molecule is CC(CC(=O)NC/C=C/C(=O)O)(NC(=O)OCC1c2ccccc2-c2ccccc21)C1CC1. The van der Waals surface area contributed by atoms with Crippen LogP contribution in [0.2, 0.25) is 0 Å². The quantitative estimate of drug-likeness (QED) is 0.506. The smallest absolute Gasteiger partial charge is 0.407 e. The van der Waals surface area contributed by atoms with Crippen molar-refractivity contribution in [3.05, 3.63) is 71.8 Å². The number of rotatable bonds is 9. The molecule has 0 aliphatic heterocycles. The zero-order valence-electron chi connectivity index (χ0n) is 18.5. The Morgan fingerprint density at radius 1 is 1.06 bits per heavy atom. The zero-order valence-corrected chi connectivity index (χ0v) is 18.5. The molecule has 0 heterocycles. The molecule has 1 atom stereocenters. The number of fused-ring (bicyclic) bond motifs is 3. The molecular formula is C26H28N2O5. The fraction of sp³-hybridized carbons (Fsp3) is 0.346. The van der Waals surface area contributed by atoms with E-state index in [2.05, 4.69) is 34.9 Å². The molecule has 0 bridgehead atoms. The van der Waals surface area contributed by atoms with Gasteiger partial charge in [-0.3, -0.25) is 4.79 Å². The molecule has 0 radical (unpaired) electrons. The van der Waals surface area contributed by atoms with Gasteiger partial charge in [0.15, 0.2) is 0 Å². The number of alkyl carbamates (subject to hydrolysis) is 1. The van der Waals surface area contributed by atoms with Crippen molar-refractivity contribution >= 4 is 18.0 Å². The highest BCUT2D eigenvalue weighted by molar-refractivity contribution is 5.81. The monoisotopic (exact) mass is 448 g/mol. The lowest BCUT2D eigenvalue weighted by Crippen LogP contribution is -2.51. The Hall–Kier alpha value is -3.61. The van der Waals surface area contributed by atoms with Gasteiger partial charge in [0.2, 0.25) is 5.91 Å². The maximum atomic E-state index is 12.7. The molecule has 2 aliphatic carbocycles. The molecule has 0 aromatic heterocycles. The average Bonchev–Trinajstić information content (AvgIpc) is 3.59. The Labute approximate surface area is 192 Å². The lowest BCUT2D eigenvalue weighted by atomic mass is 9.91. The Morgan fingerprint density at radius 2 is 1.67 bits per heavy atom. The van der Waals surface area contributed by atoms with E-state index in [0.717, 1.165) is 30.0 Å². The minimum Gasteiger partial charge on any atom is -0.478 e. The van der Waals surface area contributed by atoms with E-state index in [-0.39, 0.29) is 37.3 Å². The van der Waals surface area contributed by atoms with Crippen LogP contribution in [0.3, 0.4) is 0 Å². The van der Waals surface area contributed by atoms with E-state index in [0.29, 0.717) is 0 Å². The predicted octanol–water partition coefficient (Wildman–Crippen LogP) is 3.84. The zero-order chi connectivity index (χ0) is 23.4. The molecule has 1 saturated carbocycles. The molecular weight excluding hydrogens is 420 g/mol. The van der Waals surface area contributed by atoms with Gasteiger partial charge in [-0.1, -0.05) is 54.6 Å². The Balaban J connectivity index is 1.36. The van der Waals surface area contributed by atoms with E-state index in [4.69, 9.17) is 9.84 Å². The first kappa shape index (κ1) is 22.6. The second-order valence-electron chi connectivity index (χ2n) is 8.86. The van der Waals surface area contributed by atoms with Gasteiger partial charge in [-0.15, -0.1) is 0 Å². The third-order valence-corrected chi connectivity index (χ3v) is 6.41. The molecule has 0 spiro atoms. The maximum Gasteiger partial charge on any atom is 0.407 e. The number of benzene rings is 2. The molecule has 7 nitrogen and oxygen atoms in total. The van der Waals surface area contributed by atoms with Gasteiger partial charge in [0, 0.05) is 25.0 Å². The summed E-state index contributed by atoms with van der Waals surface area (Å²) in [7, 11) is 0. The first-order valence-electron chi connectivity index (χ1n) is 11.2. The summed E-state index contributed by atoms with van der Waals surface area (Å²) in [5.41, 5.74) is 3.90. The van der Waals surface area contributed by atoms with Crippen LogP contribution in [0.1, 0.15) is 43.2 Å². The van der Waals surface area contributed by atoms with Crippen LogP contribution in [-0.2, 0) is 14.3 Å². The number of hydrogen-bond donors (Lipinski definition) is 3. The van der Waals surface area contributed by atoms with Crippen LogP contribution in [0.25, 0.3) is 11.1 Å². The van der Waals surface area contributed by atoms with Crippen molar-refractivity contribution in [1.29, 1.82) is 0 Å². The van der Waals surface area contributed by atoms with E-state index in [1.54, 1.807) is 0 Å². The molecule has 2 aromatic carbocycles. The van der Waals surface area contributed by atoms with Crippen molar-refractivity contribution in [3.63, 3.8) is 0 Å². The van der Waals surface area contributed by atoms with E-state index in [1.165, 1.54) is 17.2 Å². The number of hydrogen-bond acceptors (Lipinski definition) is 4. The van der Waals surface area contributed by atoms with E-state index in [9.17, 15) is 14.4 Å². The van der Waals surface area contributed by atoms with E-state index in [1.807, 2.05) is 31.2 Å². The maximum absolute atomic E-state index is 12.7. The minimum atomic E-state index is -1.07. The highest BCUT2D eigenvalue weighted by Crippen LogP contribution is 2.45. The molecule has 2 aromatic rings. The number of ether oxygens (including phenoxy) is 1. The van der Waals surface area contributed by atoms with E-state index >= 15 is 0 Å². The molecule has 1 fully saturated rings. The molecule has 33 heavy (non-hydrogen) atoms. The van der Waals surface area contributed by atoms with Gasteiger partial charge < -0.3 is 20.5 Å². The standard InChI is InChI=1S/C26H28N2O5/c1-26(17-12-13-17,15-23(29)27-14-6-11-24(30)31)28-25(32)33-16-22-20-9-4-2-7-18(20)19-8-3-5-10-21(19)22/h2-11,17,22H,12-16H2,1H3,(H,27,29)(H,28,32)(H,30,31)/b11-6+. The van der Waals surface area contributed by atoms with Crippen LogP contribution in [0.15, 0.2) is 60.7 Å². The van der Waals surface area contributed by atoms with E-state index < -0.39 is 17.6 Å². The molecule has 0 saturated heterocycles. The summed E-state index contributed by atoms with van der Waals surface area (Å²) in [4.78, 5) is 35.6. The van der Waals surface area contributed by atoms with Gasteiger partial charge in [0.1, 0.15) is 6.61 Å². The Bertz CT molecular complexity index is 1050. The summed E-state index contributed by atoms with van der Waals surface area (Å²) >= 11 is 0. The van der Waals surface area contributed by atoms with Gasteiger partial charge in [-0.2, -0.15) is 0 Å². The minimum absolute atomic E-state index is 0.0281. The summed E-state index contributed by atoms with van der Waals surface area (Å²) in [6.07, 6.45) is 3.79. The van der Waals surface area contributed by atoms with Crippen molar-refractivity contribution in [2.24, 2.45) is 5.92 Å². The highest BCUT2D eigenvalue weighted by atomic mass is 16.5. The Morgan fingerprint density at radius 3 is 2.24 bits per heavy atom. The third-order valence-electron chi connectivity index (χ3n) is 6.41. The molecule has 1 unspecified atom stereocenters. The van der Waals surface area contributed by atoms with Gasteiger partial charge in [-0.25, -0.2) is 9.59 Å². The number of amides is 2. The molecule has 2 aliphatic rings. The van der Waals surface area contributed by atoms with Crippen LogP contribution < -0.4 is 10.6 Å². The van der Waals surface area contributed by atoms with Gasteiger partial charge >= 0.3 is 12.1 Å².